The number of hydrogen-bond acceptors (Lipinski definition) is 1. The molecule has 1 aromatic carbocycles. The van der Waals surface area contributed by atoms with Gasteiger partial charge in [-0.15, -0.1) is 11.3 Å². The smallest absolute Gasteiger partial charge is 0.143 e. The van der Waals surface area contributed by atoms with Crippen LogP contribution in [0.2, 0.25) is 0 Å². The summed E-state index contributed by atoms with van der Waals surface area (Å²) in [4.78, 5) is 1.36. The molecule has 0 spiro atoms. The summed E-state index contributed by atoms with van der Waals surface area (Å²) < 4.78 is 15.0. The quantitative estimate of drug-likeness (QED) is 0.578. The number of thiophene rings is 1. The van der Waals surface area contributed by atoms with Crippen molar-refractivity contribution in [1.29, 1.82) is 0 Å². The third-order valence-electron chi connectivity index (χ3n) is 4.32. The van der Waals surface area contributed by atoms with Crippen LogP contribution in [0.15, 0.2) is 29.8 Å². The first-order valence-corrected chi connectivity index (χ1v) is 8.37. The molecule has 0 amide bonds. The van der Waals surface area contributed by atoms with Gasteiger partial charge in [-0.3, -0.25) is 0 Å². The second-order valence-corrected chi connectivity index (χ2v) is 6.93. The number of benzene rings is 1. The van der Waals surface area contributed by atoms with Gasteiger partial charge in [-0.25, -0.2) is 4.39 Å². The van der Waals surface area contributed by atoms with Gasteiger partial charge in [0.25, 0.3) is 0 Å². The molecule has 1 aliphatic carbocycles. The molecular weight excluding hydrogens is 267 g/mol. The minimum atomic E-state index is -0.0308. The van der Waals surface area contributed by atoms with Gasteiger partial charge in [0.2, 0.25) is 0 Å². The maximum absolute atomic E-state index is 14.1. The lowest BCUT2D eigenvalue weighted by molar-refractivity contribution is 0.591. The predicted octanol–water partition coefficient (Wildman–Crippen LogP) is 6.34. The Balaban J connectivity index is 1.87. The lowest BCUT2D eigenvalue weighted by atomic mass is 9.87. The third-order valence-corrected chi connectivity index (χ3v) is 5.62. The molecule has 0 saturated heterocycles. The van der Waals surface area contributed by atoms with Crippen molar-refractivity contribution in [3.8, 4) is 0 Å². The van der Waals surface area contributed by atoms with E-state index in [1.807, 2.05) is 13.0 Å². The zero-order valence-corrected chi connectivity index (χ0v) is 13.0. The fourth-order valence-electron chi connectivity index (χ4n) is 3.08. The molecule has 106 valence electrons. The molecule has 2 aromatic rings. The van der Waals surface area contributed by atoms with Crippen LogP contribution in [-0.2, 0) is 0 Å². The summed E-state index contributed by atoms with van der Waals surface area (Å²) in [7, 11) is 0. The standard InChI is InChI=1S/C18H21FS/c1-3-4-13-6-9-14(10-7-13)16-11-15-8-5-12(2)17(19)18(15)20-16/h5-6,8,11,14H,3-4,7,9-10H2,1-2H3. The van der Waals surface area contributed by atoms with Gasteiger partial charge in [0.05, 0.1) is 4.70 Å². The second-order valence-electron chi connectivity index (χ2n) is 5.85. The summed E-state index contributed by atoms with van der Waals surface area (Å²) >= 11 is 1.65. The first-order chi connectivity index (χ1) is 9.69. The average Bonchev–Trinajstić information content (AvgIpc) is 2.89. The molecule has 1 atom stereocenters. The number of allylic oxidation sites excluding steroid dienone is 2. The molecule has 0 saturated carbocycles. The zero-order chi connectivity index (χ0) is 14.1. The molecule has 0 fully saturated rings. The fourth-order valence-corrected chi connectivity index (χ4v) is 4.38. The summed E-state index contributed by atoms with van der Waals surface area (Å²) in [5.74, 6) is 0.560. The van der Waals surface area contributed by atoms with Crippen molar-refractivity contribution in [3.05, 3.63) is 46.1 Å². The molecule has 1 heterocycles. The summed E-state index contributed by atoms with van der Waals surface area (Å²) in [5.41, 5.74) is 2.37. The van der Waals surface area contributed by atoms with Crippen LogP contribution in [0.5, 0.6) is 0 Å². The number of halogens is 1. The summed E-state index contributed by atoms with van der Waals surface area (Å²) in [6.45, 7) is 4.08. The van der Waals surface area contributed by atoms with Crippen LogP contribution in [0.4, 0.5) is 4.39 Å². The van der Waals surface area contributed by atoms with Gasteiger partial charge in [0, 0.05) is 4.88 Å². The van der Waals surface area contributed by atoms with E-state index in [9.17, 15) is 4.39 Å². The molecule has 0 N–H and O–H groups in total. The lowest BCUT2D eigenvalue weighted by Crippen LogP contribution is -2.02. The van der Waals surface area contributed by atoms with Crippen LogP contribution in [0.3, 0.4) is 0 Å². The third kappa shape index (κ3) is 2.54. The fraction of sp³-hybridized carbons (Fsp3) is 0.444. The van der Waals surface area contributed by atoms with E-state index in [0.29, 0.717) is 5.92 Å². The van der Waals surface area contributed by atoms with Gasteiger partial charge in [0.15, 0.2) is 0 Å². The highest BCUT2D eigenvalue weighted by Gasteiger charge is 2.19. The number of aryl methyl sites for hydroxylation is 1. The predicted molar refractivity (Wildman–Crippen MR) is 86.1 cm³/mol. The van der Waals surface area contributed by atoms with Crippen molar-refractivity contribution >= 4 is 21.4 Å². The van der Waals surface area contributed by atoms with Crippen molar-refractivity contribution in [2.45, 2.75) is 51.9 Å². The van der Waals surface area contributed by atoms with Crippen LogP contribution in [0, 0.1) is 12.7 Å². The van der Waals surface area contributed by atoms with E-state index >= 15 is 0 Å². The Morgan fingerprint density at radius 2 is 2.20 bits per heavy atom. The van der Waals surface area contributed by atoms with Gasteiger partial charge in [-0.1, -0.05) is 37.1 Å². The highest BCUT2D eigenvalue weighted by molar-refractivity contribution is 7.19. The summed E-state index contributed by atoms with van der Waals surface area (Å²) in [6.07, 6.45) is 8.47. The molecule has 3 rings (SSSR count). The van der Waals surface area contributed by atoms with Crippen LogP contribution in [0.25, 0.3) is 10.1 Å². The van der Waals surface area contributed by atoms with Gasteiger partial charge in [0.1, 0.15) is 5.82 Å². The van der Waals surface area contributed by atoms with E-state index in [-0.39, 0.29) is 5.82 Å². The molecule has 0 nitrogen and oxygen atoms in total. The van der Waals surface area contributed by atoms with E-state index in [0.717, 1.165) is 22.1 Å². The van der Waals surface area contributed by atoms with E-state index in [1.54, 1.807) is 16.9 Å². The van der Waals surface area contributed by atoms with Gasteiger partial charge >= 0.3 is 0 Å². The molecule has 1 aliphatic rings. The number of hydrogen-bond donors (Lipinski definition) is 0. The maximum atomic E-state index is 14.1. The molecule has 0 aliphatic heterocycles. The number of fused-ring (bicyclic) bond motifs is 1. The minimum Gasteiger partial charge on any atom is -0.205 e. The molecule has 0 radical (unpaired) electrons. The van der Waals surface area contributed by atoms with Gasteiger partial charge < -0.3 is 0 Å². The Hall–Kier alpha value is -1.15. The van der Waals surface area contributed by atoms with E-state index < -0.39 is 0 Å². The van der Waals surface area contributed by atoms with Crippen LogP contribution >= 0.6 is 11.3 Å². The van der Waals surface area contributed by atoms with Crippen LogP contribution in [-0.4, -0.2) is 0 Å². The first-order valence-electron chi connectivity index (χ1n) is 7.55. The van der Waals surface area contributed by atoms with E-state index in [2.05, 4.69) is 25.1 Å². The average molecular weight is 288 g/mol. The van der Waals surface area contributed by atoms with Crippen LogP contribution in [0.1, 0.15) is 55.4 Å². The summed E-state index contributed by atoms with van der Waals surface area (Å²) in [5, 5.41) is 1.07. The Labute approximate surface area is 124 Å². The molecule has 1 aromatic heterocycles. The SMILES string of the molecule is CCCC1=CCC(c2cc3ccc(C)c(F)c3s2)CC1. The highest BCUT2D eigenvalue weighted by atomic mass is 32.1. The molecular formula is C18H21FS. The Morgan fingerprint density at radius 1 is 1.35 bits per heavy atom. The molecule has 2 heteroatoms. The number of rotatable bonds is 3. The van der Waals surface area contributed by atoms with Gasteiger partial charge in [-0.2, -0.15) is 0 Å². The second kappa shape index (κ2) is 5.69. The molecule has 20 heavy (non-hydrogen) atoms. The Kier molecular flexibility index (Phi) is 3.93. The Morgan fingerprint density at radius 3 is 2.90 bits per heavy atom. The minimum absolute atomic E-state index is 0.0308. The largest absolute Gasteiger partial charge is 0.205 e. The van der Waals surface area contributed by atoms with Gasteiger partial charge in [-0.05, 0) is 55.5 Å². The summed E-state index contributed by atoms with van der Waals surface area (Å²) in [6, 6.07) is 6.13. The topological polar surface area (TPSA) is 0 Å². The molecule has 0 bridgehead atoms. The van der Waals surface area contributed by atoms with Crippen molar-refractivity contribution in [3.63, 3.8) is 0 Å². The normalized spacial score (nSPS) is 19.4. The van der Waals surface area contributed by atoms with Crippen molar-refractivity contribution < 1.29 is 4.39 Å². The maximum Gasteiger partial charge on any atom is 0.143 e. The van der Waals surface area contributed by atoms with Crippen molar-refractivity contribution in [2.24, 2.45) is 0 Å². The van der Waals surface area contributed by atoms with E-state index in [4.69, 9.17) is 0 Å². The molecule has 1 unspecified atom stereocenters. The Bertz CT molecular complexity index is 651. The van der Waals surface area contributed by atoms with Crippen molar-refractivity contribution in [2.75, 3.05) is 0 Å². The first kappa shape index (κ1) is 13.8. The monoisotopic (exact) mass is 288 g/mol. The van der Waals surface area contributed by atoms with Crippen molar-refractivity contribution in [1.82, 2.24) is 0 Å². The zero-order valence-electron chi connectivity index (χ0n) is 12.2. The highest BCUT2D eigenvalue weighted by Crippen LogP contribution is 2.40. The van der Waals surface area contributed by atoms with E-state index in [1.165, 1.54) is 30.6 Å². The lowest BCUT2D eigenvalue weighted by Gasteiger charge is -2.20. The van der Waals surface area contributed by atoms with Crippen LogP contribution < -0.4 is 0 Å².